The normalized spacial score (nSPS) is 21.7. The monoisotopic (exact) mass is 138 g/mol. The van der Waals surface area contributed by atoms with Crippen LogP contribution in [0.25, 0.3) is 0 Å². The molecule has 0 radical (unpaired) electrons. The van der Waals surface area contributed by atoms with Crippen LogP contribution in [0.3, 0.4) is 0 Å². The Balaban J connectivity index is 0.000000360. The molecule has 7 heavy (non-hydrogen) atoms. The Morgan fingerprint density at radius 3 is 1.71 bits per heavy atom. The van der Waals surface area contributed by atoms with Crippen molar-refractivity contribution in [3.8, 4) is 0 Å². The van der Waals surface area contributed by atoms with Crippen molar-refractivity contribution in [2.24, 2.45) is 0 Å². The summed E-state index contributed by atoms with van der Waals surface area (Å²) in [4.78, 5) is 0. The third-order valence-corrected chi connectivity index (χ3v) is 2.48. The maximum atomic E-state index is 10.4. The van der Waals surface area contributed by atoms with Crippen molar-refractivity contribution in [2.45, 2.75) is 12.8 Å². The molecule has 1 aliphatic heterocycles. The molecular weight excluding hydrogens is 128 g/mol. The van der Waals surface area contributed by atoms with E-state index in [0.717, 1.165) is 11.5 Å². The lowest BCUT2D eigenvalue weighted by Gasteiger charge is -1.74. The molecule has 1 saturated heterocycles. The fraction of sp³-hybridized carbons (Fsp3) is 1.00. The van der Waals surface area contributed by atoms with E-state index in [4.69, 9.17) is 0 Å². The molecule has 0 atom stereocenters. The summed E-state index contributed by atoms with van der Waals surface area (Å²) in [6, 6.07) is 0. The zero-order chi connectivity index (χ0) is 4.41. The van der Waals surface area contributed by atoms with Gasteiger partial charge in [-0.25, -0.2) is 0 Å². The Kier molecular flexibility index (Phi) is 3.75. The predicted molar refractivity (Wildman–Crippen MR) is 37.5 cm³/mol. The molecule has 44 valence electrons. The average molecular weight is 138 g/mol. The summed E-state index contributed by atoms with van der Waals surface area (Å²) >= 11 is 0. The Hall–Kier alpha value is 0.500. The number of rotatable bonds is 0. The first-order valence-corrected chi connectivity index (χ1v) is 3.73. The maximum Gasteiger partial charge on any atom is 0.0235 e. The van der Waals surface area contributed by atoms with Crippen molar-refractivity contribution >= 4 is 24.3 Å². The molecule has 1 fully saturated rings. The van der Waals surface area contributed by atoms with Crippen molar-refractivity contribution in [3.05, 3.63) is 0 Å². The predicted octanol–water partition coefficient (Wildman–Crippen LogP) is 0.642. The first-order valence-electron chi connectivity index (χ1n) is 2.24. The molecule has 0 amide bonds. The molecule has 0 aromatic rings. The van der Waals surface area contributed by atoms with Crippen LogP contribution in [0, 0.1) is 0 Å². The molecule has 3 heteroatoms. The Morgan fingerprint density at radius 1 is 1.14 bits per heavy atom. The van der Waals surface area contributed by atoms with Gasteiger partial charge in [0, 0.05) is 22.3 Å². The third kappa shape index (κ3) is 2.34. The van der Waals surface area contributed by atoms with Gasteiger partial charge >= 0.3 is 0 Å². The van der Waals surface area contributed by atoms with E-state index in [1.807, 2.05) is 0 Å². The van der Waals surface area contributed by atoms with E-state index in [-0.39, 0.29) is 13.5 Å². The van der Waals surface area contributed by atoms with Crippen LogP contribution in [0.15, 0.2) is 0 Å². The molecule has 0 unspecified atom stereocenters. The Morgan fingerprint density at radius 2 is 1.57 bits per heavy atom. The second kappa shape index (κ2) is 3.50. The molecule has 1 rings (SSSR count). The summed E-state index contributed by atoms with van der Waals surface area (Å²) < 4.78 is 10.4. The van der Waals surface area contributed by atoms with Gasteiger partial charge in [0.05, 0.1) is 0 Å². The standard InChI is InChI=1S/C4H8OS.H2S/c5-6-3-1-2-4-6;/h1-4H2;1H2. The van der Waals surface area contributed by atoms with Crippen LogP contribution in [-0.2, 0) is 10.8 Å². The van der Waals surface area contributed by atoms with Crippen LogP contribution < -0.4 is 0 Å². The second-order valence-corrected chi connectivity index (χ2v) is 3.25. The van der Waals surface area contributed by atoms with Crippen LogP contribution in [0.4, 0.5) is 0 Å². The minimum Gasteiger partial charge on any atom is -0.260 e. The summed E-state index contributed by atoms with van der Waals surface area (Å²) in [6.45, 7) is 0. The van der Waals surface area contributed by atoms with Gasteiger partial charge < -0.3 is 0 Å². The molecule has 1 heterocycles. The fourth-order valence-electron chi connectivity index (χ4n) is 0.628. The molecule has 1 nitrogen and oxygen atoms in total. The SMILES string of the molecule is O=S1CCCC1.S. The fourth-order valence-corrected chi connectivity index (χ4v) is 1.88. The number of hydrogen-bond donors (Lipinski definition) is 0. The van der Waals surface area contributed by atoms with Crippen molar-refractivity contribution in [1.82, 2.24) is 0 Å². The highest BCUT2D eigenvalue weighted by atomic mass is 32.2. The quantitative estimate of drug-likeness (QED) is 0.480. The molecule has 1 aliphatic rings. The smallest absolute Gasteiger partial charge is 0.0235 e. The van der Waals surface area contributed by atoms with Crippen LogP contribution in [0.1, 0.15) is 12.8 Å². The van der Waals surface area contributed by atoms with E-state index in [2.05, 4.69) is 0 Å². The van der Waals surface area contributed by atoms with E-state index in [0.29, 0.717) is 0 Å². The Bertz CT molecular complexity index is 64.1. The summed E-state index contributed by atoms with van der Waals surface area (Å²) in [5.74, 6) is 1.92. The highest BCUT2D eigenvalue weighted by molar-refractivity contribution is 7.85. The minimum atomic E-state index is -0.423. The maximum absolute atomic E-state index is 10.4. The van der Waals surface area contributed by atoms with Gasteiger partial charge in [0.2, 0.25) is 0 Å². The van der Waals surface area contributed by atoms with Crippen molar-refractivity contribution in [2.75, 3.05) is 11.5 Å². The van der Waals surface area contributed by atoms with Crippen LogP contribution >= 0.6 is 13.5 Å². The van der Waals surface area contributed by atoms with Gasteiger partial charge in [0.1, 0.15) is 0 Å². The van der Waals surface area contributed by atoms with Crippen LogP contribution in [0.5, 0.6) is 0 Å². The van der Waals surface area contributed by atoms with Crippen molar-refractivity contribution in [1.29, 1.82) is 0 Å². The molecule has 0 bridgehead atoms. The molecule has 0 aromatic carbocycles. The lowest BCUT2D eigenvalue weighted by atomic mass is 10.4. The van der Waals surface area contributed by atoms with Crippen molar-refractivity contribution in [3.63, 3.8) is 0 Å². The summed E-state index contributed by atoms with van der Waals surface area (Å²) in [5, 5.41) is 0. The largest absolute Gasteiger partial charge is 0.260 e. The molecule has 0 N–H and O–H groups in total. The van der Waals surface area contributed by atoms with Gasteiger partial charge in [-0.1, -0.05) is 0 Å². The zero-order valence-electron chi connectivity index (χ0n) is 4.14. The van der Waals surface area contributed by atoms with Gasteiger partial charge in [-0.15, -0.1) is 0 Å². The van der Waals surface area contributed by atoms with Gasteiger partial charge in [-0.05, 0) is 12.8 Å². The highest BCUT2D eigenvalue weighted by Crippen LogP contribution is 2.03. The first-order chi connectivity index (χ1) is 2.89. The molecule has 0 aliphatic carbocycles. The Labute approximate surface area is 53.4 Å². The third-order valence-electron chi connectivity index (χ3n) is 0.994. The second-order valence-electron chi connectivity index (χ2n) is 1.56. The van der Waals surface area contributed by atoms with E-state index >= 15 is 0 Å². The van der Waals surface area contributed by atoms with Crippen LogP contribution in [-0.4, -0.2) is 15.7 Å². The number of hydrogen-bond acceptors (Lipinski definition) is 1. The average Bonchev–Trinajstić information content (AvgIpc) is 1.86. The van der Waals surface area contributed by atoms with E-state index in [9.17, 15) is 4.21 Å². The summed E-state index contributed by atoms with van der Waals surface area (Å²) in [5.41, 5.74) is 0. The van der Waals surface area contributed by atoms with E-state index < -0.39 is 10.8 Å². The van der Waals surface area contributed by atoms with Gasteiger partial charge in [-0.2, -0.15) is 13.5 Å². The highest BCUT2D eigenvalue weighted by Gasteiger charge is 2.05. The summed E-state index contributed by atoms with van der Waals surface area (Å²) in [6.07, 6.45) is 2.37. The van der Waals surface area contributed by atoms with Crippen molar-refractivity contribution < 1.29 is 4.21 Å². The van der Waals surface area contributed by atoms with E-state index in [1.165, 1.54) is 12.8 Å². The van der Waals surface area contributed by atoms with Gasteiger partial charge in [-0.3, -0.25) is 4.21 Å². The lowest BCUT2D eigenvalue weighted by molar-refractivity contribution is 0.687. The van der Waals surface area contributed by atoms with Crippen LogP contribution in [0.2, 0.25) is 0 Å². The molecule has 0 saturated carbocycles. The molecule has 0 aromatic heterocycles. The first kappa shape index (κ1) is 7.50. The van der Waals surface area contributed by atoms with Gasteiger partial charge in [0.15, 0.2) is 0 Å². The molecule has 0 spiro atoms. The lowest BCUT2D eigenvalue weighted by Crippen LogP contribution is -1.85. The minimum absolute atomic E-state index is 0. The van der Waals surface area contributed by atoms with Gasteiger partial charge in [0.25, 0.3) is 0 Å². The summed E-state index contributed by atoms with van der Waals surface area (Å²) in [7, 11) is -0.423. The zero-order valence-corrected chi connectivity index (χ0v) is 5.96. The molecular formula is C4H10OS2. The topological polar surface area (TPSA) is 17.1 Å². The van der Waals surface area contributed by atoms with E-state index in [1.54, 1.807) is 0 Å².